The Morgan fingerprint density at radius 1 is 1.16 bits per heavy atom. The van der Waals surface area contributed by atoms with Gasteiger partial charge in [-0.2, -0.15) is 0 Å². The standard InChI is InChI=1S/C19H15ClFN3O/c1-12-16(19(25)23-10-14-4-2-3-5-17(14)20)11-22-18(24-12)13-6-8-15(21)9-7-13/h2-9,11H,10H2,1H3,(H,23,25). The summed E-state index contributed by atoms with van der Waals surface area (Å²) >= 11 is 6.08. The van der Waals surface area contributed by atoms with E-state index in [9.17, 15) is 9.18 Å². The molecule has 3 aromatic rings. The Kier molecular flexibility index (Phi) is 5.05. The molecular formula is C19H15ClFN3O. The lowest BCUT2D eigenvalue weighted by Gasteiger charge is -2.09. The van der Waals surface area contributed by atoms with Gasteiger partial charge in [-0.25, -0.2) is 14.4 Å². The van der Waals surface area contributed by atoms with E-state index in [4.69, 9.17) is 11.6 Å². The molecule has 25 heavy (non-hydrogen) atoms. The van der Waals surface area contributed by atoms with Crippen LogP contribution in [-0.4, -0.2) is 15.9 Å². The second-order valence-corrected chi connectivity index (χ2v) is 5.88. The fraction of sp³-hybridized carbons (Fsp3) is 0.105. The Hall–Kier alpha value is -2.79. The maximum atomic E-state index is 13.0. The minimum atomic E-state index is -0.323. The molecule has 0 aliphatic rings. The average molecular weight is 356 g/mol. The van der Waals surface area contributed by atoms with Gasteiger partial charge in [-0.15, -0.1) is 0 Å². The Labute approximate surface area is 149 Å². The quantitative estimate of drug-likeness (QED) is 0.764. The summed E-state index contributed by atoms with van der Waals surface area (Å²) in [5.41, 5.74) is 2.45. The number of carbonyl (C=O) groups is 1. The molecule has 2 aromatic carbocycles. The number of nitrogens with one attached hydrogen (secondary N) is 1. The maximum absolute atomic E-state index is 13.0. The normalized spacial score (nSPS) is 10.5. The molecule has 1 heterocycles. The summed E-state index contributed by atoms with van der Waals surface area (Å²) in [5, 5.41) is 3.41. The minimum absolute atomic E-state index is 0.275. The van der Waals surface area contributed by atoms with Gasteiger partial charge in [0.2, 0.25) is 0 Å². The predicted octanol–water partition coefficient (Wildman–Crippen LogP) is 4.17. The first-order valence-corrected chi connectivity index (χ1v) is 8.03. The number of rotatable bonds is 4. The highest BCUT2D eigenvalue weighted by Gasteiger charge is 2.13. The fourth-order valence-electron chi connectivity index (χ4n) is 2.34. The first-order chi connectivity index (χ1) is 12.0. The van der Waals surface area contributed by atoms with Gasteiger partial charge in [0.1, 0.15) is 5.82 Å². The van der Waals surface area contributed by atoms with Crippen molar-refractivity contribution < 1.29 is 9.18 Å². The molecule has 0 saturated carbocycles. The molecule has 0 unspecified atom stereocenters. The molecule has 1 N–H and O–H groups in total. The summed E-state index contributed by atoms with van der Waals surface area (Å²) < 4.78 is 13.0. The Bertz CT molecular complexity index is 913. The number of hydrogen-bond donors (Lipinski definition) is 1. The van der Waals surface area contributed by atoms with Gasteiger partial charge in [-0.05, 0) is 42.8 Å². The van der Waals surface area contributed by atoms with Crippen LogP contribution in [0.5, 0.6) is 0 Å². The van der Waals surface area contributed by atoms with Crippen LogP contribution in [0, 0.1) is 12.7 Å². The van der Waals surface area contributed by atoms with Gasteiger partial charge in [-0.3, -0.25) is 4.79 Å². The molecule has 0 atom stereocenters. The van der Waals surface area contributed by atoms with E-state index < -0.39 is 0 Å². The largest absolute Gasteiger partial charge is 0.348 e. The molecule has 0 bridgehead atoms. The van der Waals surface area contributed by atoms with Crippen molar-refractivity contribution >= 4 is 17.5 Å². The highest BCUT2D eigenvalue weighted by Crippen LogP contribution is 2.17. The molecule has 1 aromatic heterocycles. The zero-order valence-electron chi connectivity index (χ0n) is 13.5. The lowest BCUT2D eigenvalue weighted by molar-refractivity contribution is 0.0949. The lowest BCUT2D eigenvalue weighted by Crippen LogP contribution is -2.24. The number of carbonyl (C=O) groups excluding carboxylic acids is 1. The van der Waals surface area contributed by atoms with Crippen LogP contribution in [0.15, 0.2) is 54.7 Å². The van der Waals surface area contributed by atoms with Gasteiger partial charge in [-0.1, -0.05) is 29.8 Å². The van der Waals surface area contributed by atoms with Gasteiger partial charge in [0.05, 0.1) is 11.3 Å². The van der Waals surface area contributed by atoms with Crippen LogP contribution in [0.1, 0.15) is 21.6 Å². The van der Waals surface area contributed by atoms with Crippen LogP contribution < -0.4 is 5.32 Å². The van der Waals surface area contributed by atoms with E-state index in [0.717, 1.165) is 5.56 Å². The third-order valence-corrected chi connectivity index (χ3v) is 4.09. The van der Waals surface area contributed by atoms with Crippen molar-refractivity contribution in [2.45, 2.75) is 13.5 Å². The second-order valence-electron chi connectivity index (χ2n) is 5.47. The summed E-state index contributed by atoms with van der Waals surface area (Å²) in [6.45, 7) is 2.05. The van der Waals surface area contributed by atoms with Crippen molar-refractivity contribution in [3.05, 3.63) is 82.4 Å². The molecular weight excluding hydrogens is 341 g/mol. The molecule has 0 saturated heterocycles. The van der Waals surface area contributed by atoms with E-state index >= 15 is 0 Å². The topological polar surface area (TPSA) is 54.9 Å². The van der Waals surface area contributed by atoms with Crippen molar-refractivity contribution in [1.29, 1.82) is 0 Å². The SMILES string of the molecule is Cc1nc(-c2ccc(F)cc2)ncc1C(=O)NCc1ccccc1Cl. The van der Waals surface area contributed by atoms with Crippen LogP contribution in [-0.2, 0) is 6.54 Å². The Morgan fingerprint density at radius 2 is 1.88 bits per heavy atom. The molecule has 0 radical (unpaired) electrons. The van der Waals surface area contributed by atoms with Gasteiger partial charge >= 0.3 is 0 Å². The number of halogens is 2. The maximum Gasteiger partial charge on any atom is 0.254 e. The van der Waals surface area contributed by atoms with E-state index in [1.165, 1.54) is 18.3 Å². The number of nitrogens with zero attached hydrogens (tertiary/aromatic N) is 2. The number of aryl methyl sites for hydroxylation is 1. The summed E-state index contributed by atoms with van der Waals surface area (Å²) in [7, 11) is 0. The lowest BCUT2D eigenvalue weighted by atomic mass is 10.1. The highest BCUT2D eigenvalue weighted by molar-refractivity contribution is 6.31. The number of amides is 1. The van der Waals surface area contributed by atoms with Crippen molar-refractivity contribution in [1.82, 2.24) is 15.3 Å². The summed E-state index contributed by atoms with van der Waals surface area (Å²) in [6.07, 6.45) is 1.48. The van der Waals surface area contributed by atoms with Crippen LogP contribution in [0.4, 0.5) is 4.39 Å². The molecule has 1 amide bonds. The molecule has 0 aliphatic carbocycles. The van der Waals surface area contributed by atoms with Gasteiger partial charge in [0, 0.05) is 23.3 Å². The van der Waals surface area contributed by atoms with E-state index in [0.29, 0.717) is 34.2 Å². The molecule has 3 rings (SSSR count). The van der Waals surface area contributed by atoms with Crippen LogP contribution >= 0.6 is 11.6 Å². The molecule has 4 nitrogen and oxygen atoms in total. The molecule has 0 aliphatic heterocycles. The zero-order chi connectivity index (χ0) is 17.8. The van der Waals surface area contributed by atoms with Crippen molar-refractivity contribution in [2.24, 2.45) is 0 Å². The Morgan fingerprint density at radius 3 is 2.56 bits per heavy atom. The third-order valence-electron chi connectivity index (χ3n) is 3.72. The summed E-state index contributed by atoms with van der Waals surface area (Å²) in [5.74, 6) is -0.153. The molecule has 126 valence electrons. The van der Waals surface area contributed by atoms with Gasteiger partial charge < -0.3 is 5.32 Å². The van der Waals surface area contributed by atoms with E-state index in [-0.39, 0.29) is 11.7 Å². The summed E-state index contributed by atoms with van der Waals surface area (Å²) in [6, 6.07) is 13.2. The average Bonchev–Trinajstić information content (AvgIpc) is 2.61. The molecule has 0 fully saturated rings. The predicted molar refractivity (Wildman–Crippen MR) is 94.8 cm³/mol. The van der Waals surface area contributed by atoms with Crippen molar-refractivity contribution in [3.63, 3.8) is 0 Å². The first kappa shape index (κ1) is 17.0. The Balaban J connectivity index is 1.75. The van der Waals surface area contributed by atoms with E-state index in [2.05, 4.69) is 15.3 Å². The van der Waals surface area contributed by atoms with Crippen LogP contribution in [0.25, 0.3) is 11.4 Å². The van der Waals surface area contributed by atoms with Crippen molar-refractivity contribution in [3.8, 4) is 11.4 Å². The molecule has 6 heteroatoms. The number of benzene rings is 2. The van der Waals surface area contributed by atoms with E-state index in [1.807, 2.05) is 18.2 Å². The minimum Gasteiger partial charge on any atom is -0.348 e. The fourth-order valence-corrected chi connectivity index (χ4v) is 2.54. The van der Waals surface area contributed by atoms with Crippen molar-refractivity contribution in [2.75, 3.05) is 0 Å². The molecule has 0 spiro atoms. The number of aromatic nitrogens is 2. The van der Waals surface area contributed by atoms with Crippen LogP contribution in [0.2, 0.25) is 5.02 Å². The smallest absolute Gasteiger partial charge is 0.254 e. The second kappa shape index (κ2) is 7.40. The monoisotopic (exact) mass is 355 g/mol. The number of hydrogen-bond acceptors (Lipinski definition) is 3. The van der Waals surface area contributed by atoms with Gasteiger partial charge in [0.15, 0.2) is 5.82 Å². The van der Waals surface area contributed by atoms with Crippen LogP contribution in [0.3, 0.4) is 0 Å². The first-order valence-electron chi connectivity index (χ1n) is 7.66. The van der Waals surface area contributed by atoms with E-state index in [1.54, 1.807) is 25.1 Å². The highest BCUT2D eigenvalue weighted by atomic mass is 35.5. The third kappa shape index (κ3) is 4.00. The zero-order valence-corrected chi connectivity index (χ0v) is 14.2. The summed E-state index contributed by atoms with van der Waals surface area (Å²) in [4.78, 5) is 20.9. The van der Waals surface area contributed by atoms with Gasteiger partial charge in [0.25, 0.3) is 5.91 Å².